The second kappa shape index (κ2) is 9.00. The van der Waals surface area contributed by atoms with Crippen molar-refractivity contribution in [3.05, 3.63) is 0 Å². The first-order valence-electron chi connectivity index (χ1n) is 5.57. The van der Waals surface area contributed by atoms with Gasteiger partial charge in [0.15, 0.2) is 0 Å². The van der Waals surface area contributed by atoms with Gasteiger partial charge in [0, 0.05) is 12.8 Å². The normalized spacial score (nSPS) is 13.5. The average molecular weight is 275 g/mol. The SMILES string of the molecule is NC(=O)CC[C@H](NN[C@@H](CCC=O)C(=O)O)C(=O)O. The Morgan fingerprint density at radius 2 is 1.53 bits per heavy atom. The Kier molecular flexibility index (Phi) is 8.05. The molecule has 0 aromatic rings. The van der Waals surface area contributed by atoms with Crippen LogP contribution in [0.3, 0.4) is 0 Å². The van der Waals surface area contributed by atoms with Gasteiger partial charge in [0.25, 0.3) is 0 Å². The molecule has 0 fully saturated rings. The van der Waals surface area contributed by atoms with Gasteiger partial charge >= 0.3 is 11.9 Å². The van der Waals surface area contributed by atoms with Crippen LogP contribution in [0.15, 0.2) is 0 Å². The van der Waals surface area contributed by atoms with E-state index >= 15 is 0 Å². The number of hydrazine groups is 1. The Labute approximate surface area is 109 Å². The molecule has 0 spiro atoms. The number of rotatable bonds is 11. The van der Waals surface area contributed by atoms with Gasteiger partial charge in [0.05, 0.1) is 0 Å². The van der Waals surface area contributed by atoms with E-state index in [1.54, 1.807) is 0 Å². The first-order valence-corrected chi connectivity index (χ1v) is 5.57. The number of carboxylic acids is 2. The van der Waals surface area contributed by atoms with Crippen molar-refractivity contribution in [2.24, 2.45) is 5.73 Å². The molecular weight excluding hydrogens is 258 g/mol. The summed E-state index contributed by atoms with van der Waals surface area (Å²) in [4.78, 5) is 42.4. The van der Waals surface area contributed by atoms with Crippen LogP contribution < -0.4 is 16.6 Å². The van der Waals surface area contributed by atoms with Gasteiger partial charge in [-0.1, -0.05) is 0 Å². The molecule has 0 aliphatic heterocycles. The molecule has 0 radical (unpaired) electrons. The Balaban J connectivity index is 4.33. The van der Waals surface area contributed by atoms with Crippen molar-refractivity contribution in [2.75, 3.05) is 0 Å². The zero-order chi connectivity index (χ0) is 14.8. The van der Waals surface area contributed by atoms with Crippen molar-refractivity contribution in [1.29, 1.82) is 0 Å². The number of hydrogen-bond acceptors (Lipinski definition) is 6. The number of carboxylic acid groups (broad SMARTS) is 2. The molecule has 0 aliphatic carbocycles. The number of aliphatic carboxylic acids is 2. The second-order valence-electron chi connectivity index (χ2n) is 3.82. The van der Waals surface area contributed by atoms with Gasteiger partial charge in [-0.05, 0) is 12.8 Å². The van der Waals surface area contributed by atoms with Crippen LogP contribution in [-0.4, -0.2) is 46.4 Å². The van der Waals surface area contributed by atoms with Crippen molar-refractivity contribution in [1.82, 2.24) is 10.9 Å². The second-order valence-corrected chi connectivity index (χ2v) is 3.82. The van der Waals surface area contributed by atoms with Gasteiger partial charge in [-0.15, -0.1) is 0 Å². The summed E-state index contributed by atoms with van der Waals surface area (Å²) in [6.45, 7) is 0. The number of carbonyl (C=O) groups excluding carboxylic acids is 2. The van der Waals surface area contributed by atoms with Gasteiger partial charge in [0.2, 0.25) is 5.91 Å². The Bertz CT molecular complexity index is 346. The summed E-state index contributed by atoms with van der Waals surface area (Å²) >= 11 is 0. The van der Waals surface area contributed by atoms with Crippen molar-refractivity contribution >= 4 is 24.1 Å². The first-order chi connectivity index (χ1) is 8.88. The maximum absolute atomic E-state index is 10.9. The fourth-order valence-corrected chi connectivity index (χ4v) is 1.24. The lowest BCUT2D eigenvalue weighted by molar-refractivity contribution is -0.143. The number of primary amides is 1. The Hall–Kier alpha value is -2.00. The van der Waals surface area contributed by atoms with E-state index in [0.717, 1.165) is 0 Å². The van der Waals surface area contributed by atoms with Crippen LogP contribution in [0.5, 0.6) is 0 Å². The van der Waals surface area contributed by atoms with Crippen LogP contribution in [0, 0.1) is 0 Å². The molecule has 0 heterocycles. The van der Waals surface area contributed by atoms with E-state index in [2.05, 4.69) is 10.9 Å². The number of nitrogens with one attached hydrogen (secondary N) is 2. The third-order valence-corrected chi connectivity index (χ3v) is 2.28. The molecule has 6 N–H and O–H groups in total. The summed E-state index contributed by atoms with van der Waals surface area (Å²) in [5, 5.41) is 17.7. The third kappa shape index (κ3) is 7.84. The minimum absolute atomic E-state index is 0.0218. The predicted molar refractivity (Wildman–Crippen MR) is 62.8 cm³/mol. The zero-order valence-corrected chi connectivity index (χ0v) is 10.2. The molecule has 0 aliphatic rings. The highest BCUT2D eigenvalue weighted by molar-refractivity contribution is 5.77. The number of carbonyl (C=O) groups is 4. The molecule has 0 aromatic heterocycles. The van der Waals surface area contributed by atoms with Crippen LogP contribution in [0.25, 0.3) is 0 Å². The number of amides is 1. The molecule has 108 valence electrons. The molecule has 9 nitrogen and oxygen atoms in total. The van der Waals surface area contributed by atoms with E-state index in [-0.39, 0.29) is 25.7 Å². The molecule has 0 rings (SSSR count). The molecule has 9 heteroatoms. The summed E-state index contributed by atoms with van der Waals surface area (Å²) in [5.74, 6) is -3.11. The van der Waals surface area contributed by atoms with Gasteiger partial charge < -0.3 is 20.7 Å². The molecule has 0 saturated heterocycles. The van der Waals surface area contributed by atoms with E-state index < -0.39 is 29.9 Å². The van der Waals surface area contributed by atoms with Crippen molar-refractivity contribution in [3.63, 3.8) is 0 Å². The smallest absolute Gasteiger partial charge is 0.322 e. The standard InChI is InChI=1S/C10H17N3O6/c11-8(15)4-3-7(10(18)19)13-12-6(9(16)17)2-1-5-14/h5-7,12-13H,1-4H2,(H2,11,15)(H,16,17)(H,18,19)/t6-,7-/m0/s1. The highest BCUT2D eigenvalue weighted by Crippen LogP contribution is 1.99. The van der Waals surface area contributed by atoms with Gasteiger partial charge in [0.1, 0.15) is 18.4 Å². The van der Waals surface area contributed by atoms with Crippen molar-refractivity contribution in [2.45, 2.75) is 37.8 Å². The molecular formula is C10H17N3O6. The summed E-state index contributed by atoms with van der Waals surface area (Å²) < 4.78 is 0. The molecule has 0 bridgehead atoms. The van der Waals surface area contributed by atoms with E-state index in [1.165, 1.54) is 0 Å². The fraction of sp³-hybridized carbons (Fsp3) is 0.600. The predicted octanol–water partition coefficient (Wildman–Crippen LogP) is -1.77. The molecule has 0 saturated carbocycles. The average Bonchev–Trinajstić information content (AvgIpc) is 2.31. The van der Waals surface area contributed by atoms with E-state index in [4.69, 9.17) is 15.9 Å². The summed E-state index contributed by atoms with van der Waals surface area (Å²) in [7, 11) is 0. The molecule has 0 unspecified atom stereocenters. The maximum atomic E-state index is 10.9. The lowest BCUT2D eigenvalue weighted by atomic mass is 10.1. The van der Waals surface area contributed by atoms with Gasteiger partial charge in [-0.25, -0.2) is 10.9 Å². The van der Waals surface area contributed by atoms with Gasteiger partial charge in [-0.2, -0.15) is 0 Å². The third-order valence-electron chi connectivity index (χ3n) is 2.28. The summed E-state index contributed by atoms with van der Waals surface area (Å²) in [5.41, 5.74) is 9.53. The highest BCUT2D eigenvalue weighted by atomic mass is 16.4. The van der Waals surface area contributed by atoms with Crippen LogP contribution in [0.1, 0.15) is 25.7 Å². The number of nitrogens with two attached hydrogens (primary N) is 1. The van der Waals surface area contributed by atoms with Crippen molar-refractivity contribution < 1.29 is 29.4 Å². The Morgan fingerprint density at radius 1 is 1.05 bits per heavy atom. The van der Waals surface area contributed by atoms with Crippen molar-refractivity contribution in [3.8, 4) is 0 Å². The lowest BCUT2D eigenvalue weighted by Gasteiger charge is -2.18. The van der Waals surface area contributed by atoms with Crippen LogP contribution >= 0.6 is 0 Å². The summed E-state index contributed by atoms with van der Waals surface area (Å²) in [6.07, 6.45) is 0.410. The van der Waals surface area contributed by atoms with E-state index in [1.807, 2.05) is 0 Å². The quantitative estimate of drug-likeness (QED) is 0.219. The number of aldehydes is 1. The summed E-state index contributed by atoms with van der Waals surface area (Å²) in [6, 6.07) is -2.24. The first kappa shape index (κ1) is 17.0. The fourth-order valence-electron chi connectivity index (χ4n) is 1.24. The zero-order valence-electron chi connectivity index (χ0n) is 10.2. The monoisotopic (exact) mass is 275 g/mol. The van der Waals surface area contributed by atoms with Crippen LogP contribution in [0.4, 0.5) is 0 Å². The maximum Gasteiger partial charge on any atom is 0.322 e. The van der Waals surface area contributed by atoms with Crippen LogP contribution in [0.2, 0.25) is 0 Å². The minimum atomic E-state index is -1.24. The van der Waals surface area contributed by atoms with Crippen LogP contribution in [-0.2, 0) is 19.2 Å². The van der Waals surface area contributed by atoms with E-state index in [9.17, 15) is 19.2 Å². The number of hydrogen-bond donors (Lipinski definition) is 5. The van der Waals surface area contributed by atoms with E-state index in [0.29, 0.717) is 6.29 Å². The topological polar surface area (TPSA) is 159 Å². The molecule has 19 heavy (non-hydrogen) atoms. The highest BCUT2D eigenvalue weighted by Gasteiger charge is 2.22. The minimum Gasteiger partial charge on any atom is -0.480 e. The Morgan fingerprint density at radius 3 is 1.89 bits per heavy atom. The molecule has 1 amide bonds. The lowest BCUT2D eigenvalue weighted by Crippen LogP contribution is -2.52. The largest absolute Gasteiger partial charge is 0.480 e. The molecule has 2 atom stereocenters. The van der Waals surface area contributed by atoms with Gasteiger partial charge in [-0.3, -0.25) is 14.4 Å². The molecule has 0 aromatic carbocycles.